The summed E-state index contributed by atoms with van der Waals surface area (Å²) in [6.45, 7) is 10.7. The molecule has 1 rings (SSSR count). The number of rotatable bonds is 0. The van der Waals surface area contributed by atoms with E-state index in [2.05, 4.69) is 32.7 Å². The second-order valence-corrected chi connectivity index (χ2v) is 4.57. The molecule has 0 fully saturated rings. The van der Waals surface area contributed by atoms with Crippen LogP contribution in [0.2, 0.25) is 0 Å². The molecule has 0 saturated carbocycles. The molecule has 0 aliphatic heterocycles. The smallest absolute Gasteiger partial charge is 0.123 e. The topological polar surface area (TPSA) is 38.9 Å². The fraction of sp³-hybridized carbons (Fsp3) is 0.545. The first kappa shape index (κ1) is 10.0. The van der Waals surface area contributed by atoms with Gasteiger partial charge in [0.1, 0.15) is 5.82 Å². The highest BCUT2D eigenvalue weighted by Crippen LogP contribution is 2.28. The van der Waals surface area contributed by atoms with Crippen LogP contribution in [0.15, 0.2) is 6.07 Å². The number of aromatic nitrogens is 1. The summed E-state index contributed by atoms with van der Waals surface area (Å²) in [6.07, 6.45) is 0. The van der Waals surface area contributed by atoms with Crippen molar-refractivity contribution in [2.45, 2.75) is 40.0 Å². The van der Waals surface area contributed by atoms with E-state index in [0.29, 0.717) is 5.82 Å². The van der Waals surface area contributed by atoms with Crippen LogP contribution in [0.1, 0.15) is 37.6 Å². The van der Waals surface area contributed by atoms with Gasteiger partial charge in [0.25, 0.3) is 0 Å². The highest BCUT2D eigenvalue weighted by molar-refractivity contribution is 5.43. The average Bonchev–Trinajstić information content (AvgIpc) is 1.78. The van der Waals surface area contributed by atoms with Crippen molar-refractivity contribution in [3.05, 3.63) is 22.9 Å². The third-order valence-corrected chi connectivity index (χ3v) is 2.17. The van der Waals surface area contributed by atoms with Crippen LogP contribution in [-0.2, 0) is 5.41 Å². The molecular formula is C11H18N2. The Kier molecular flexibility index (Phi) is 2.33. The summed E-state index contributed by atoms with van der Waals surface area (Å²) in [5.74, 6) is 0.614. The zero-order valence-corrected chi connectivity index (χ0v) is 9.10. The molecule has 0 unspecified atom stereocenters. The molecule has 1 aromatic rings. The van der Waals surface area contributed by atoms with Crippen molar-refractivity contribution < 1.29 is 0 Å². The normalized spacial score (nSPS) is 11.8. The lowest BCUT2D eigenvalue weighted by Gasteiger charge is -2.23. The molecule has 0 aromatic carbocycles. The van der Waals surface area contributed by atoms with Crippen LogP contribution >= 0.6 is 0 Å². The van der Waals surface area contributed by atoms with E-state index in [9.17, 15) is 0 Å². The van der Waals surface area contributed by atoms with Gasteiger partial charge in [0, 0.05) is 5.69 Å². The Morgan fingerprint density at radius 2 is 1.77 bits per heavy atom. The lowest BCUT2D eigenvalue weighted by molar-refractivity contribution is 0.578. The fourth-order valence-corrected chi connectivity index (χ4v) is 2.00. The van der Waals surface area contributed by atoms with E-state index in [1.165, 1.54) is 11.1 Å². The molecule has 2 N–H and O–H groups in total. The van der Waals surface area contributed by atoms with E-state index in [-0.39, 0.29) is 5.41 Å². The van der Waals surface area contributed by atoms with Gasteiger partial charge in [-0.3, -0.25) is 0 Å². The van der Waals surface area contributed by atoms with E-state index in [1.54, 1.807) is 0 Å². The van der Waals surface area contributed by atoms with Gasteiger partial charge in [-0.15, -0.1) is 0 Å². The van der Waals surface area contributed by atoms with E-state index < -0.39 is 0 Å². The molecule has 1 aromatic heterocycles. The Labute approximate surface area is 80.2 Å². The lowest BCUT2D eigenvalue weighted by atomic mass is 9.83. The Morgan fingerprint density at radius 3 is 2.15 bits per heavy atom. The van der Waals surface area contributed by atoms with Crippen molar-refractivity contribution in [2.75, 3.05) is 5.73 Å². The monoisotopic (exact) mass is 178 g/mol. The first-order valence-electron chi connectivity index (χ1n) is 4.56. The molecule has 2 nitrogen and oxygen atoms in total. The fourth-order valence-electron chi connectivity index (χ4n) is 2.00. The van der Waals surface area contributed by atoms with E-state index in [0.717, 1.165) is 5.69 Å². The number of nitrogen functional groups attached to an aromatic ring is 1. The van der Waals surface area contributed by atoms with Gasteiger partial charge in [-0.2, -0.15) is 0 Å². The van der Waals surface area contributed by atoms with Gasteiger partial charge in [-0.05, 0) is 36.5 Å². The van der Waals surface area contributed by atoms with Crippen molar-refractivity contribution >= 4 is 5.82 Å². The first-order chi connectivity index (χ1) is 5.82. The van der Waals surface area contributed by atoms with Crippen LogP contribution in [0.4, 0.5) is 5.82 Å². The molecule has 2 heteroatoms. The van der Waals surface area contributed by atoms with Crippen LogP contribution in [0.5, 0.6) is 0 Å². The molecule has 0 saturated heterocycles. The molecule has 1 heterocycles. The molecule has 0 aliphatic carbocycles. The number of pyridine rings is 1. The highest BCUT2D eigenvalue weighted by atomic mass is 14.8. The molecule has 0 amide bonds. The Hall–Kier alpha value is -1.05. The van der Waals surface area contributed by atoms with E-state index in [1.807, 2.05) is 13.0 Å². The molecule has 0 spiro atoms. The van der Waals surface area contributed by atoms with Crippen molar-refractivity contribution in [2.24, 2.45) is 0 Å². The number of hydrogen-bond acceptors (Lipinski definition) is 2. The summed E-state index contributed by atoms with van der Waals surface area (Å²) >= 11 is 0. The molecule has 0 radical (unpaired) electrons. The van der Waals surface area contributed by atoms with Gasteiger partial charge >= 0.3 is 0 Å². The number of aryl methyl sites for hydroxylation is 2. The minimum absolute atomic E-state index is 0.148. The maximum Gasteiger partial charge on any atom is 0.123 e. The number of anilines is 1. The van der Waals surface area contributed by atoms with E-state index >= 15 is 0 Å². The maximum atomic E-state index is 5.66. The molecule has 13 heavy (non-hydrogen) atoms. The zero-order chi connectivity index (χ0) is 10.2. The predicted octanol–water partition coefficient (Wildman–Crippen LogP) is 2.58. The van der Waals surface area contributed by atoms with Gasteiger partial charge < -0.3 is 5.73 Å². The number of hydrogen-bond donors (Lipinski definition) is 1. The molecule has 0 atom stereocenters. The zero-order valence-electron chi connectivity index (χ0n) is 9.10. The second-order valence-electron chi connectivity index (χ2n) is 4.57. The number of nitrogens with zero attached hydrogens (tertiary/aromatic N) is 1. The lowest BCUT2D eigenvalue weighted by Crippen LogP contribution is -2.16. The quantitative estimate of drug-likeness (QED) is 0.663. The summed E-state index contributed by atoms with van der Waals surface area (Å²) in [6, 6.07) is 1.94. The SMILES string of the molecule is Cc1cc(N)nc(C)c1C(C)(C)C. The molecular weight excluding hydrogens is 160 g/mol. The maximum absolute atomic E-state index is 5.66. The van der Waals surface area contributed by atoms with Crippen LogP contribution < -0.4 is 5.73 Å². The largest absolute Gasteiger partial charge is 0.384 e. The van der Waals surface area contributed by atoms with Crippen LogP contribution in [0.25, 0.3) is 0 Å². The average molecular weight is 178 g/mol. The third-order valence-electron chi connectivity index (χ3n) is 2.17. The highest BCUT2D eigenvalue weighted by Gasteiger charge is 2.19. The molecule has 0 aliphatic rings. The van der Waals surface area contributed by atoms with Gasteiger partial charge in [0.2, 0.25) is 0 Å². The predicted molar refractivity (Wildman–Crippen MR) is 56.8 cm³/mol. The number of nitrogens with two attached hydrogens (primary N) is 1. The Morgan fingerprint density at radius 1 is 1.23 bits per heavy atom. The van der Waals surface area contributed by atoms with Gasteiger partial charge in [-0.25, -0.2) is 4.98 Å². The summed E-state index contributed by atoms with van der Waals surface area (Å²) in [7, 11) is 0. The standard InChI is InChI=1S/C11H18N2/c1-7-6-9(12)13-8(2)10(7)11(3,4)5/h6H,1-5H3,(H2,12,13). The summed E-state index contributed by atoms with van der Waals surface area (Å²) < 4.78 is 0. The summed E-state index contributed by atoms with van der Waals surface area (Å²) in [5.41, 5.74) is 9.40. The molecule has 72 valence electrons. The third kappa shape index (κ3) is 2.00. The van der Waals surface area contributed by atoms with Gasteiger partial charge in [-0.1, -0.05) is 20.8 Å². The minimum atomic E-state index is 0.148. The van der Waals surface area contributed by atoms with Crippen LogP contribution in [-0.4, -0.2) is 4.98 Å². The minimum Gasteiger partial charge on any atom is -0.384 e. The Bertz CT molecular complexity index is 298. The second kappa shape index (κ2) is 3.02. The van der Waals surface area contributed by atoms with Crippen molar-refractivity contribution in [1.82, 2.24) is 4.98 Å². The molecule has 0 bridgehead atoms. The van der Waals surface area contributed by atoms with Crippen molar-refractivity contribution in [3.63, 3.8) is 0 Å². The summed E-state index contributed by atoms with van der Waals surface area (Å²) in [4.78, 5) is 4.28. The first-order valence-corrected chi connectivity index (χ1v) is 4.56. The summed E-state index contributed by atoms with van der Waals surface area (Å²) in [5, 5.41) is 0. The van der Waals surface area contributed by atoms with Gasteiger partial charge in [0.05, 0.1) is 0 Å². The van der Waals surface area contributed by atoms with Gasteiger partial charge in [0.15, 0.2) is 0 Å². The van der Waals surface area contributed by atoms with Crippen molar-refractivity contribution in [1.29, 1.82) is 0 Å². The Balaban J connectivity index is 3.38. The van der Waals surface area contributed by atoms with Crippen molar-refractivity contribution in [3.8, 4) is 0 Å². The van der Waals surface area contributed by atoms with Crippen LogP contribution in [0.3, 0.4) is 0 Å². The van der Waals surface area contributed by atoms with Crippen LogP contribution in [0, 0.1) is 13.8 Å². The van der Waals surface area contributed by atoms with E-state index in [4.69, 9.17) is 5.73 Å².